The highest BCUT2D eigenvalue weighted by Gasteiger charge is 2.00. The van der Waals surface area contributed by atoms with E-state index in [1.165, 1.54) is 0 Å². The molecule has 3 nitrogen and oxygen atoms in total. The van der Waals surface area contributed by atoms with Crippen molar-refractivity contribution in [1.82, 2.24) is 9.78 Å². The summed E-state index contributed by atoms with van der Waals surface area (Å²) in [6.45, 7) is 0.717. The van der Waals surface area contributed by atoms with E-state index in [0.717, 1.165) is 23.0 Å². The summed E-state index contributed by atoms with van der Waals surface area (Å²) in [7, 11) is 0. The highest BCUT2D eigenvalue weighted by molar-refractivity contribution is 5.77. The summed E-state index contributed by atoms with van der Waals surface area (Å²) < 4.78 is 1.91. The second-order valence-electron chi connectivity index (χ2n) is 4.05. The fourth-order valence-corrected chi connectivity index (χ4v) is 1.88. The summed E-state index contributed by atoms with van der Waals surface area (Å²) in [5.41, 5.74) is 2.13. The molecule has 0 spiro atoms. The van der Waals surface area contributed by atoms with Crippen molar-refractivity contribution >= 4 is 10.9 Å². The minimum absolute atomic E-state index is 0.291. The Morgan fingerprint density at radius 2 is 1.76 bits per heavy atom. The van der Waals surface area contributed by atoms with Crippen LogP contribution >= 0.6 is 0 Å². The molecular formula is C14H12N2O. The summed E-state index contributed by atoms with van der Waals surface area (Å²) in [4.78, 5) is 0. The van der Waals surface area contributed by atoms with E-state index in [9.17, 15) is 5.11 Å². The predicted octanol–water partition coefficient (Wildman–Crippen LogP) is 2.79. The Labute approximate surface area is 98.9 Å². The lowest BCUT2D eigenvalue weighted by molar-refractivity contribution is 0.475. The molecule has 0 atom stereocenters. The van der Waals surface area contributed by atoms with Gasteiger partial charge in [-0.2, -0.15) is 5.10 Å². The van der Waals surface area contributed by atoms with Gasteiger partial charge in [0.25, 0.3) is 0 Å². The maximum Gasteiger partial charge on any atom is 0.115 e. The van der Waals surface area contributed by atoms with Gasteiger partial charge in [0.1, 0.15) is 5.75 Å². The van der Waals surface area contributed by atoms with Gasteiger partial charge in [-0.1, -0.05) is 30.3 Å². The summed E-state index contributed by atoms with van der Waals surface area (Å²) in [5, 5.41) is 14.8. The van der Waals surface area contributed by atoms with Crippen LogP contribution in [-0.2, 0) is 6.54 Å². The van der Waals surface area contributed by atoms with Crippen LogP contribution in [0.3, 0.4) is 0 Å². The van der Waals surface area contributed by atoms with Gasteiger partial charge in [-0.3, -0.25) is 4.68 Å². The maximum atomic E-state index is 9.21. The van der Waals surface area contributed by atoms with Gasteiger partial charge in [0.2, 0.25) is 0 Å². The average Bonchev–Trinajstić information content (AvgIpc) is 2.74. The lowest BCUT2D eigenvalue weighted by Gasteiger charge is -2.01. The van der Waals surface area contributed by atoms with Crippen molar-refractivity contribution in [2.75, 3.05) is 0 Å². The first-order valence-electron chi connectivity index (χ1n) is 5.51. The average molecular weight is 224 g/mol. The Kier molecular flexibility index (Phi) is 2.29. The lowest BCUT2D eigenvalue weighted by Crippen LogP contribution is -1.99. The molecule has 0 saturated heterocycles. The minimum atomic E-state index is 0.291. The minimum Gasteiger partial charge on any atom is -0.508 e. The fourth-order valence-electron chi connectivity index (χ4n) is 1.88. The molecule has 0 aliphatic heterocycles. The van der Waals surface area contributed by atoms with E-state index >= 15 is 0 Å². The molecule has 0 aliphatic carbocycles. The number of hydrogen-bond acceptors (Lipinski definition) is 2. The van der Waals surface area contributed by atoms with Gasteiger partial charge >= 0.3 is 0 Å². The Morgan fingerprint density at radius 1 is 1.00 bits per heavy atom. The van der Waals surface area contributed by atoms with Crippen molar-refractivity contribution < 1.29 is 5.11 Å². The van der Waals surface area contributed by atoms with Gasteiger partial charge in [0.15, 0.2) is 0 Å². The van der Waals surface area contributed by atoms with E-state index in [1.54, 1.807) is 12.1 Å². The third-order valence-corrected chi connectivity index (χ3v) is 2.74. The number of hydrogen-bond donors (Lipinski definition) is 1. The first-order chi connectivity index (χ1) is 8.31. The Morgan fingerprint density at radius 3 is 2.53 bits per heavy atom. The number of benzene rings is 2. The molecule has 3 rings (SSSR count). The molecule has 0 radical (unpaired) electrons. The molecular weight excluding hydrogens is 212 g/mol. The maximum absolute atomic E-state index is 9.21. The molecule has 17 heavy (non-hydrogen) atoms. The number of phenolic OH excluding ortho intramolecular Hbond substituents is 1. The highest BCUT2D eigenvalue weighted by Crippen LogP contribution is 2.14. The number of nitrogens with zero attached hydrogens (tertiary/aromatic N) is 2. The van der Waals surface area contributed by atoms with Gasteiger partial charge < -0.3 is 5.11 Å². The van der Waals surface area contributed by atoms with Crippen molar-refractivity contribution in [1.29, 1.82) is 0 Å². The number of aromatic nitrogens is 2. The van der Waals surface area contributed by atoms with Crippen molar-refractivity contribution in [2.45, 2.75) is 6.54 Å². The number of fused-ring (bicyclic) bond motifs is 1. The topological polar surface area (TPSA) is 38.0 Å². The third-order valence-electron chi connectivity index (χ3n) is 2.74. The summed E-state index contributed by atoms with van der Waals surface area (Å²) in [5.74, 6) is 0.291. The second-order valence-corrected chi connectivity index (χ2v) is 4.05. The van der Waals surface area contributed by atoms with E-state index in [-0.39, 0.29) is 0 Å². The van der Waals surface area contributed by atoms with Gasteiger partial charge in [-0.25, -0.2) is 0 Å². The standard InChI is InChI=1S/C14H12N2O/c17-13-7-5-11(6-8-13)9-16-10-12-3-1-2-4-14(12)15-16/h1-8,10,17H,9H2. The summed E-state index contributed by atoms with van der Waals surface area (Å²) in [6.07, 6.45) is 2.03. The predicted molar refractivity (Wildman–Crippen MR) is 66.9 cm³/mol. The van der Waals surface area contributed by atoms with E-state index in [0.29, 0.717) is 5.75 Å². The summed E-state index contributed by atoms with van der Waals surface area (Å²) >= 11 is 0. The summed E-state index contributed by atoms with van der Waals surface area (Å²) in [6, 6.07) is 15.2. The van der Waals surface area contributed by atoms with Crippen LogP contribution in [0.1, 0.15) is 5.56 Å². The van der Waals surface area contributed by atoms with Crippen LogP contribution in [0, 0.1) is 0 Å². The highest BCUT2D eigenvalue weighted by atomic mass is 16.3. The van der Waals surface area contributed by atoms with E-state index in [2.05, 4.69) is 11.2 Å². The van der Waals surface area contributed by atoms with E-state index < -0.39 is 0 Å². The zero-order valence-electron chi connectivity index (χ0n) is 9.24. The lowest BCUT2D eigenvalue weighted by atomic mass is 10.2. The molecule has 84 valence electrons. The Balaban J connectivity index is 1.92. The number of aromatic hydroxyl groups is 1. The molecule has 0 aliphatic rings. The largest absolute Gasteiger partial charge is 0.508 e. The van der Waals surface area contributed by atoms with Crippen LogP contribution in [0.5, 0.6) is 5.75 Å². The molecule has 1 aromatic heterocycles. The Bertz CT molecular complexity index is 608. The van der Waals surface area contributed by atoms with Gasteiger partial charge in [0, 0.05) is 11.6 Å². The normalized spacial score (nSPS) is 10.8. The van der Waals surface area contributed by atoms with Gasteiger partial charge in [-0.05, 0) is 23.8 Å². The third kappa shape index (κ3) is 1.99. The molecule has 0 amide bonds. The molecule has 1 heterocycles. The number of phenols is 1. The molecule has 0 unspecified atom stereocenters. The van der Waals surface area contributed by atoms with E-state index in [4.69, 9.17) is 0 Å². The molecule has 3 heteroatoms. The molecule has 0 saturated carbocycles. The van der Waals surface area contributed by atoms with E-state index in [1.807, 2.05) is 41.2 Å². The smallest absolute Gasteiger partial charge is 0.115 e. The molecule has 0 bridgehead atoms. The van der Waals surface area contributed by atoms with Crippen molar-refractivity contribution in [3.05, 3.63) is 60.3 Å². The number of rotatable bonds is 2. The van der Waals surface area contributed by atoms with Crippen molar-refractivity contribution in [3.63, 3.8) is 0 Å². The van der Waals surface area contributed by atoms with Crippen LogP contribution in [0.25, 0.3) is 10.9 Å². The zero-order chi connectivity index (χ0) is 11.7. The van der Waals surface area contributed by atoms with Crippen molar-refractivity contribution in [3.8, 4) is 5.75 Å². The fraction of sp³-hybridized carbons (Fsp3) is 0.0714. The SMILES string of the molecule is Oc1ccc(Cn2cc3ccccc3n2)cc1. The quantitative estimate of drug-likeness (QED) is 0.726. The second kappa shape index (κ2) is 3.94. The monoisotopic (exact) mass is 224 g/mol. The first kappa shape index (κ1) is 9.90. The molecule has 3 aromatic rings. The van der Waals surface area contributed by atoms with Crippen molar-refractivity contribution in [2.24, 2.45) is 0 Å². The van der Waals surface area contributed by atoms with Crippen LogP contribution in [0.2, 0.25) is 0 Å². The van der Waals surface area contributed by atoms with Gasteiger partial charge in [-0.15, -0.1) is 0 Å². The zero-order valence-corrected chi connectivity index (χ0v) is 9.24. The van der Waals surface area contributed by atoms with Crippen LogP contribution in [0.15, 0.2) is 54.7 Å². The molecule has 1 N–H and O–H groups in total. The Hall–Kier alpha value is -2.29. The van der Waals surface area contributed by atoms with Crippen LogP contribution in [0.4, 0.5) is 0 Å². The first-order valence-corrected chi connectivity index (χ1v) is 5.51. The van der Waals surface area contributed by atoms with Gasteiger partial charge in [0.05, 0.1) is 12.1 Å². The molecule has 0 fully saturated rings. The van der Waals surface area contributed by atoms with Crippen LogP contribution < -0.4 is 0 Å². The van der Waals surface area contributed by atoms with Crippen LogP contribution in [-0.4, -0.2) is 14.9 Å². The molecule has 2 aromatic carbocycles.